The van der Waals surface area contributed by atoms with Gasteiger partial charge in [-0.25, -0.2) is 4.57 Å². The van der Waals surface area contributed by atoms with Gasteiger partial charge in [0.15, 0.2) is 5.69 Å². The van der Waals surface area contributed by atoms with Crippen LogP contribution in [0.15, 0.2) is 36.5 Å². The summed E-state index contributed by atoms with van der Waals surface area (Å²) in [6, 6.07) is 10.7. The van der Waals surface area contributed by atoms with Crippen molar-refractivity contribution in [1.82, 2.24) is 9.97 Å². The van der Waals surface area contributed by atoms with E-state index in [1.165, 1.54) is 27.8 Å². The van der Waals surface area contributed by atoms with Crippen molar-refractivity contribution in [3.05, 3.63) is 64.7 Å². The summed E-state index contributed by atoms with van der Waals surface area (Å²) in [4.78, 5) is 9.68. The van der Waals surface area contributed by atoms with Gasteiger partial charge in [0.05, 0.1) is 30.3 Å². The Hall–Kier alpha value is -2.55. The molecular weight excluding hydrogens is 282 g/mol. The molecule has 1 aliphatic carbocycles. The highest BCUT2D eigenvalue weighted by Gasteiger charge is 2.29. The Bertz CT molecular complexity index is 942. The number of rotatable bonds is 1. The van der Waals surface area contributed by atoms with Gasteiger partial charge in [0.25, 0.3) is 0 Å². The molecule has 0 amide bonds. The van der Waals surface area contributed by atoms with Gasteiger partial charge in [-0.15, -0.1) is 0 Å². The Kier molecular flexibility index (Phi) is 3.05. The molecule has 0 saturated carbocycles. The number of hydrogen-bond acceptors (Lipinski definition) is 2. The molecule has 3 aromatic rings. The second-order valence-electron chi connectivity index (χ2n) is 6.41. The molecule has 1 aromatic carbocycles. The standard InChI is InChI=1S/C20H20N3/c1-12-6-5-7-15(14(12)3)20-22-19-10-18-16(9-8-13(2)21-18)17(19)11-23(20)4/h5-9,11H,10H2,1-4H3/q+1. The molecule has 0 fully saturated rings. The molecule has 0 bridgehead atoms. The van der Waals surface area contributed by atoms with Crippen molar-refractivity contribution in [2.45, 2.75) is 27.2 Å². The lowest BCUT2D eigenvalue weighted by Gasteiger charge is -2.07. The van der Waals surface area contributed by atoms with E-state index in [9.17, 15) is 0 Å². The minimum Gasteiger partial charge on any atom is -0.257 e. The lowest BCUT2D eigenvalue weighted by molar-refractivity contribution is -0.662. The fourth-order valence-electron chi connectivity index (χ4n) is 3.35. The number of aromatic nitrogens is 3. The summed E-state index contributed by atoms with van der Waals surface area (Å²) >= 11 is 0. The molecule has 4 rings (SSSR count). The van der Waals surface area contributed by atoms with Gasteiger partial charge in [0.1, 0.15) is 6.20 Å². The Labute approximate surface area is 136 Å². The summed E-state index contributed by atoms with van der Waals surface area (Å²) in [5.74, 6) is 1.02. The monoisotopic (exact) mass is 302 g/mol. The first kappa shape index (κ1) is 14.1. The Morgan fingerprint density at radius 2 is 1.65 bits per heavy atom. The third-order valence-electron chi connectivity index (χ3n) is 4.79. The van der Waals surface area contributed by atoms with Crippen LogP contribution in [0.3, 0.4) is 0 Å². The van der Waals surface area contributed by atoms with E-state index in [1.807, 2.05) is 6.92 Å². The molecule has 2 aromatic heterocycles. The fourth-order valence-corrected chi connectivity index (χ4v) is 3.35. The first-order chi connectivity index (χ1) is 11.0. The van der Waals surface area contributed by atoms with Gasteiger partial charge in [0, 0.05) is 11.3 Å². The lowest BCUT2D eigenvalue weighted by atomic mass is 10.0. The summed E-state index contributed by atoms with van der Waals surface area (Å²) in [5, 5.41) is 0. The predicted molar refractivity (Wildman–Crippen MR) is 91.1 cm³/mol. The number of fused-ring (bicyclic) bond motifs is 3. The van der Waals surface area contributed by atoms with Crippen LogP contribution in [0.4, 0.5) is 0 Å². The molecule has 23 heavy (non-hydrogen) atoms. The van der Waals surface area contributed by atoms with Crippen molar-refractivity contribution < 1.29 is 4.57 Å². The third-order valence-corrected chi connectivity index (χ3v) is 4.79. The van der Waals surface area contributed by atoms with Crippen molar-refractivity contribution in [3.63, 3.8) is 0 Å². The lowest BCUT2D eigenvalue weighted by Crippen LogP contribution is -2.33. The molecule has 2 heterocycles. The summed E-state index contributed by atoms with van der Waals surface area (Å²) in [6.07, 6.45) is 3.02. The van der Waals surface area contributed by atoms with E-state index in [2.05, 4.69) is 67.0 Å². The minimum atomic E-state index is 0.824. The van der Waals surface area contributed by atoms with Crippen LogP contribution in [0, 0.1) is 20.8 Å². The van der Waals surface area contributed by atoms with Gasteiger partial charge in [-0.2, -0.15) is 0 Å². The molecule has 0 spiro atoms. The highest BCUT2D eigenvalue weighted by atomic mass is 15.0. The summed E-state index contributed by atoms with van der Waals surface area (Å²) in [7, 11) is 2.07. The maximum Gasteiger partial charge on any atom is 0.330 e. The van der Waals surface area contributed by atoms with Crippen LogP contribution >= 0.6 is 0 Å². The van der Waals surface area contributed by atoms with Crippen LogP contribution < -0.4 is 4.57 Å². The predicted octanol–water partition coefficient (Wildman–Crippen LogP) is 3.46. The average molecular weight is 302 g/mol. The Morgan fingerprint density at radius 3 is 2.48 bits per heavy atom. The van der Waals surface area contributed by atoms with E-state index >= 15 is 0 Å². The molecule has 0 radical (unpaired) electrons. The van der Waals surface area contributed by atoms with Crippen LogP contribution in [0.2, 0.25) is 0 Å². The molecule has 0 aliphatic heterocycles. The normalized spacial score (nSPS) is 12.2. The number of nitrogens with zero attached hydrogens (tertiary/aromatic N) is 3. The van der Waals surface area contributed by atoms with Crippen molar-refractivity contribution in [2.75, 3.05) is 0 Å². The zero-order valence-electron chi connectivity index (χ0n) is 14.0. The van der Waals surface area contributed by atoms with Crippen molar-refractivity contribution >= 4 is 0 Å². The fraction of sp³-hybridized carbons (Fsp3) is 0.250. The van der Waals surface area contributed by atoms with Crippen LogP contribution in [-0.2, 0) is 13.5 Å². The topological polar surface area (TPSA) is 29.7 Å². The smallest absolute Gasteiger partial charge is 0.257 e. The number of benzene rings is 1. The molecule has 0 N–H and O–H groups in total. The molecule has 0 unspecified atom stereocenters. The van der Waals surface area contributed by atoms with Gasteiger partial charge in [-0.05, 0) is 49.0 Å². The van der Waals surface area contributed by atoms with E-state index in [0.29, 0.717) is 0 Å². The highest BCUT2D eigenvalue weighted by molar-refractivity contribution is 5.73. The maximum absolute atomic E-state index is 4.99. The average Bonchev–Trinajstić information content (AvgIpc) is 2.86. The number of aryl methyl sites for hydroxylation is 3. The van der Waals surface area contributed by atoms with Gasteiger partial charge >= 0.3 is 5.82 Å². The van der Waals surface area contributed by atoms with E-state index in [0.717, 1.165) is 29.3 Å². The summed E-state index contributed by atoms with van der Waals surface area (Å²) < 4.78 is 2.13. The van der Waals surface area contributed by atoms with Crippen LogP contribution in [-0.4, -0.2) is 9.97 Å². The number of pyridine rings is 1. The van der Waals surface area contributed by atoms with Gasteiger partial charge < -0.3 is 0 Å². The van der Waals surface area contributed by atoms with Crippen LogP contribution in [0.1, 0.15) is 28.2 Å². The van der Waals surface area contributed by atoms with Crippen LogP contribution in [0.5, 0.6) is 0 Å². The second kappa shape index (κ2) is 4.98. The highest BCUT2D eigenvalue weighted by Crippen LogP contribution is 2.34. The summed E-state index contributed by atoms with van der Waals surface area (Å²) in [6.45, 7) is 6.35. The summed E-state index contributed by atoms with van der Waals surface area (Å²) in [5.41, 5.74) is 9.57. The first-order valence-electron chi connectivity index (χ1n) is 7.97. The Morgan fingerprint density at radius 1 is 0.870 bits per heavy atom. The minimum absolute atomic E-state index is 0.824. The molecule has 3 nitrogen and oxygen atoms in total. The SMILES string of the molecule is Cc1ccc2c(n1)Cc1nc(-c3cccc(C)c3C)[n+](C)cc1-2. The van der Waals surface area contributed by atoms with Gasteiger partial charge in [0.2, 0.25) is 0 Å². The zero-order chi connectivity index (χ0) is 16.1. The van der Waals surface area contributed by atoms with Crippen molar-refractivity contribution in [2.24, 2.45) is 7.05 Å². The molecule has 1 aliphatic rings. The van der Waals surface area contributed by atoms with E-state index in [1.54, 1.807) is 0 Å². The maximum atomic E-state index is 4.99. The van der Waals surface area contributed by atoms with E-state index in [4.69, 9.17) is 4.98 Å². The number of hydrogen-bond donors (Lipinski definition) is 0. The van der Waals surface area contributed by atoms with E-state index < -0.39 is 0 Å². The molecular formula is C20H20N3+. The largest absolute Gasteiger partial charge is 0.330 e. The molecule has 0 atom stereocenters. The van der Waals surface area contributed by atoms with Crippen molar-refractivity contribution in [1.29, 1.82) is 0 Å². The molecule has 3 heteroatoms. The zero-order valence-corrected chi connectivity index (χ0v) is 14.0. The third kappa shape index (κ3) is 2.15. The van der Waals surface area contributed by atoms with Gasteiger partial charge in [-0.3, -0.25) is 4.98 Å². The molecule has 0 saturated heterocycles. The molecule has 114 valence electrons. The quantitative estimate of drug-likeness (QED) is 0.504. The Balaban J connectivity index is 1.90. The second-order valence-corrected chi connectivity index (χ2v) is 6.41. The van der Waals surface area contributed by atoms with Crippen LogP contribution in [0.25, 0.3) is 22.5 Å². The first-order valence-corrected chi connectivity index (χ1v) is 7.97. The van der Waals surface area contributed by atoms with Gasteiger partial charge in [-0.1, -0.05) is 18.2 Å². The van der Waals surface area contributed by atoms with E-state index in [-0.39, 0.29) is 0 Å². The van der Waals surface area contributed by atoms with Crippen molar-refractivity contribution in [3.8, 4) is 22.5 Å².